The van der Waals surface area contributed by atoms with Crippen LogP contribution in [0.3, 0.4) is 0 Å². The molecule has 2 aromatic carbocycles. The third-order valence-electron chi connectivity index (χ3n) is 30.0. The Hall–Kier alpha value is -4.90. The number of ether oxygens (including phenoxy) is 4. The SMILES string of the molecule is CCCCOC(=O)C(C(=O)OCCCC)[C@]12CC[C@@]3(C)C(C[C@@H](O)[C@H]4[C@@H]5CC[C@H]([C@H](C)CCC(=O)NCc6ccc(cc6)[C@]6(C(C(=O)OCCCC)C(=O)OCCCC)CC[C@@]7(C)C(C[C@@H](O)[C@H]8[C@@H]9CC[C@H]([C@H](C)CCC(=O)NCc%10ccc1cc%10)[C@@]9(C)[C@H](O)C[C@@H]87)C6)[C@@]5(C)[C@@H](O)C[C@@H]43)C2. The molecule has 2 unspecified atom stereocenters. The average molecular weight is 1390 g/mol. The molecule has 22 atom stereocenters. The second-order valence-electron chi connectivity index (χ2n) is 34.8. The third kappa shape index (κ3) is 14.0. The highest BCUT2D eigenvalue weighted by molar-refractivity contribution is 5.98. The molecule has 7 heterocycles. The minimum Gasteiger partial charge on any atom is -0.465 e. The van der Waals surface area contributed by atoms with Crippen molar-refractivity contribution in [1.29, 1.82) is 0 Å². The number of aliphatic hydroxyl groups is 4. The molecular formula is C84H126N2O14. The van der Waals surface area contributed by atoms with E-state index in [2.05, 4.69) is 52.2 Å². The van der Waals surface area contributed by atoms with Gasteiger partial charge in [0.05, 0.1) is 50.8 Å². The highest BCUT2D eigenvalue weighted by atomic mass is 16.6. The van der Waals surface area contributed by atoms with E-state index in [1.54, 1.807) is 0 Å². The van der Waals surface area contributed by atoms with Crippen molar-refractivity contribution in [2.45, 2.75) is 285 Å². The van der Waals surface area contributed by atoms with E-state index in [-0.39, 0.29) is 133 Å². The highest BCUT2D eigenvalue weighted by Gasteiger charge is 2.70. The van der Waals surface area contributed by atoms with Crippen LogP contribution >= 0.6 is 0 Å². The van der Waals surface area contributed by atoms with Crippen molar-refractivity contribution < 1.29 is 68.1 Å². The maximum Gasteiger partial charge on any atom is 0.321 e. The molecule has 6 N–H and O–H groups in total. The molecule has 7 aliphatic heterocycles. The standard InChI is InChI=1S/C84H126N2O14/c1-11-15-39-97-75(93)73(76(94)98-40-16-12-2)83-37-35-79(7)57(47-83)43-65(87)71-61-31-29-59(81(61,9)67(89)45-63(71)79)51(5)20-34-70(92)86-50-54-23-27-56(28-24-54)84(74(77(95)99-41-17-13-3)78(96)100-42-18-14-4)38-36-80(8)58(48-84)44-66(88)72-62-32-30-60(82(62,10)68(90)46-64(72)80)52(6)19-33-69(91)85-49-53-21-25-55(83)26-22-53/h21-28,51-52,57-68,71-74,87-90H,11-20,29-50H2,1-10H3,(H,85,91)(H,86,92)/t51-,52-,57?,58?,59-,60-,61+,62+,63+,64+,65-,66-,67-,68+,71+,72+,79+,80+,81-,82-,83+,84+/m1/s1. The summed E-state index contributed by atoms with van der Waals surface area (Å²) in [5, 5.41) is 57.8. The average Bonchev–Trinajstić information content (AvgIpc) is 1.70. The Balaban J connectivity index is 0.911. The van der Waals surface area contributed by atoms with E-state index in [1.165, 1.54) is 0 Å². The normalized spacial score (nSPS) is 39.6. The molecule has 100 heavy (non-hydrogen) atoms. The summed E-state index contributed by atoms with van der Waals surface area (Å²) >= 11 is 0. The first-order chi connectivity index (χ1) is 47.8. The zero-order chi connectivity index (χ0) is 71.7. The maximum absolute atomic E-state index is 14.8. The fraction of sp³-hybridized carbons (Fsp3) is 0.786. The molecule has 0 aromatic heterocycles. The van der Waals surface area contributed by atoms with Gasteiger partial charge < -0.3 is 50.0 Å². The molecule has 556 valence electrons. The Morgan fingerprint density at radius 2 is 0.770 bits per heavy atom. The lowest BCUT2D eigenvalue weighted by molar-refractivity contribution is -0.209. The van der Waals surface area contributed by atoms with Crippen LogP contribution in [0.1, 0.15) is 258 Å². The van der Waals surface area contributed by atoms with E-state index in [4.69, 9.17) is 18.9 Å². The number of hydrogen-bond acceptors (Lipinski definition) is 14. The summed E-state index contributed by atoms with van der Waals surface area (Å²) in [6.07, 6.45) is 13.8. The summed E-state index contributed by atoms with van der Waals surface area (Å²) in [4.78, 5) is 87.4. The number of unbranched alkanes of at least 4 members (excludes halogenated alkanes) is 4. The van der Waals surface area contributed by atoms with Crippen molar-refractivity contribution in [3.05, 3.63) is 70.8 Å². The first-order valence-corrected chi connectivity index (χ1v) is 39.9. The van der Waals surface area contributed by atoms with Crippen LogP contribution in [-0.4, -0.2) is 107 Å². The smallest absolute Gasteiger partial charge is 0.321 e. The molecule has 17 rings (SSSR count). The second-order valence-corrected chi connectivity index (χ2v) is 34.8. The first-order valence-electron chi connectivity index (χ1n) is 39.9. The van der Waals surface area contributed by atoms with Crippen LogP contribution in [-0.2, 0) is 71.6 Å². The quantitative estimate of drug-likeness (QED) is 0.0352. The number of hydrogen-bond donors (Lipinski definition) is 6. The van der Waals surface area contributed by atoms with Crippen LogP contribution in [0.15, 0.2) is 48.5 Å². The molecule has 0 radical (unpaired) electrons. The zero-order valence-electron chi connectivity index (χ0n) is 62.5. The van der Waals surface area contributed by atoms with Gasteiger partial charge in [0.2, 0.25) is 11.8 Å². The lowest BCUT2D eigenvalue weighted by Crippen LogP contribution is -2.64. The van der Waals surface area contributed by atoms with Gasteiger partial charge in [-0.25, -0.2) is 0 Å². The summed E-state index contributed by atoms with van der Waals surface area (Å²) in [5.74, 6) is -4.81. The molecule has 14 bridgehead atoms. The molecule has 16 heteroatoms. The molecule has 8 saturated carbocycles. The van der Waals surface area contributed by atoms with E-state index in [1.807, 2.05) is 76.2 Å². The van der Waals surface area contributed by atoms with Gasteiger partial charge >= 0.3 is 23.9 Å². The summed E-state index contributed by atoms with van der Waals surface area (Å²) < 4.78 is 24.2. The Labute approximate surface area is 597 Å². The van der Waals surface area contributed by atoms with Crippen molar-refractivity contribution in [1.82, 2.24) is 10.6 Å². The van der Waals surface area contributed by atoms with Gasteiger partial charge in [-0.3, -0.25) is 28.8 Å². The summed E-state index contributed by atoms with van der Waals surface area (Å²) in [6, 6.07) is 16.1. The van der Waals surface area contributed by atoms with Gasteiger partial charge in [-0.15, -0.1) is 0 Å². The Bertz CT molecular complexity index is 2920. The Morgan fingerprint density at radius 1 is 0.450 bits per heavy atom. The van der Waals surface area contributed by atoms with E-state index >= 15 is 0 Å². The van der Waals surface area contributed by atoms with Crippen LogP contribution < -0.4 is 10.6 Å². The van der Waals surface area contributed by atoms with Gasteiger partial charge in [-0.2, -0.15) is 0 Å². The van der Waals surface area contributed by atoms with Gasteiger partial charge in [0.1, 0.15) is 0 Å². The minimum absolute atomic E-state index is 0.0130. The number of amides is 2. The molecule has 8 aliphatic carbocycles. The first kappa shape index (κ1) is 76.2. The molecular weight excluding hydrogens is 1260 g/mol. The van der Waals surface area contributed by atoms with Crippen LogP contribution in [0.2, 0.25) is 0 Å². The lowest BCUT2D eigenvalue weighted by atomic mass is 9.40. The highest BCUT2D eigenvalue weighted by Crippen LogP contribution is 2.73. The Morgan fingerprint density at radius 3 is 1.09 bits per heavy atom. The predicted octanol–water partition coefficient (Wildman–Crippen LogP) is 13.7. The number of nitrogens with one attached hydrogen (secondary N) is 2. The van der Waals surface area contributed by atoms with Crippen molar-refractivity contribution in [2.24, 2.45) is 105 Å². The van der Waals surface area contributed by atoms with E-state index < -0.39 is 81.8 Å². The van der Waals surface area contributed by atoms with Crippen LogP contribution in [0.4, 0.5) is 0 Å². The number of aliphatic hydroxyl groups excluding tert-OH is 4. The molecule has 0 saturated heterocycles. The lowest BCUT2D eigenvalue weighted by Gasteiger charge is -2.65. The van der Waals surface area contributed by atoms with Gasteiger partial charge in [0.15, 0.2) is 11.8 Å². The fourth-order valence-electron chi connectivity index (χ4n) is 24.1. The van der Waals surface area contributed by atoms with Gasteiger partial charge in [0.25, 0.3) is 0 Å². The second kappa shape index (κ2) is 31.4. The van der Waals surface area contributed by atoms with Crippen molar-refractivity contribution in [3.63, 3.8) is 0 Å². The van der Waals surface area contributed by atoms with Gasteiger partial charge in [-0.1, -0.05) is 143 Å². The van der Waals surface area contributed by atoms with E-state index in [0.717, 1.165) is 73.6 Å². The zero-order valence-corrected chi connectivity index (χ0v) is 62.5. The summed E-state index contributed by atoms with van der Waals surface area (Å²) in [5.41, 5.74) is -0.326. The topological polar surface area (TPSA) is 244 Å². The number of carbonyl (C=O) groups is 6. The van der Waals surface area contributed by atoms with Crippen molar-refractivity contribution >= 4 is 35.7 Å². The van der Waals surface area contributed by atoms with Crippen LogP contribution in [0, 0.1) is 105 Å². The van der Waals surface area contributed by atoms with Crippen molar-refractivity contribution in [3.8, 4) is 0 Å². The number of benzene rings is 2. The van der Waals surface area contributed by atoms with E-state index in [0.29, 0.717) is 116 Å². The monoisotopic (exact) mass is 1390 g/mol. The number of rotatable bonds is 18. The maximum atomic E-state index is 14.8. The molecule has 0 spiro atoms. The minimum atomic E-state index is -1.25. The van der Waals surface area contributed by atoms with Gasteiger partial charge in [0, 0.05) is 36.8 Å². The Kier molecular flexibility index (Phi) is 24.0. The van der Waals surface area contributed by atoms with Crippen LogP contribution in [0.25, 0.3) is 0 Å². The van der Waals surface area contributed by atoms with Crippen LogP contribution in [0.5, 0.6) is 0 Å². The van der Waals surface area contributed by atoms with Gasteiger partial charge in [-0.05, 0) is 243 Å². The summed E-state index contributed by atoms with van der Waals surface area (Å²) in [7, 11) is 0. The fourth-order valence-corrected chi connectivity index (χ4v) is 24.1. The largest absolute Gasteiger partial charge is 0.465 e. The number of fused-ring (bicyclic) bond motifs is 2. The summed E-state index contributed by atoms with van der Waals surface area (Å²) in [6.45, 7) is 23.0. The number of esters is 4. The van der Waals surface area contributed by atoms with E-state index in [9.17, 15) is 49.2 Å². The molecule has 2 amide bonds. The number of carbonyl (C=O) groups excluding carboxylic acids is 6. The third-order valence-corrected chi connectivity index (χ3v) is 30.0. The molecule has 2 aromatic rings. The predicted molar refractivity (Wildman–Crippen MR) is 383 cm³/mol. The molecule has 16 nitrogen and oxygen atoms in total. The molecule has 8 fully saturated rings. The molecule has 15 aliphatic rings. The van der Waals surface area contributed by atoms with Crippen molar-refractivity contribution in [2.75, 3.05) is 26.4 Å².